The molecule has 0 spiro atoms. The lowest BCUT2D eigenvalue weighted by atomic mass is 10.1. The molecule has 6 nitrogen and oxygen atoms in total. The summed E-state index contributed by atoms with van der Waals surface area (Å²) in [5, 5.41) is 2.07. The van der Waals surface area contributed by atoms with Crippen molar-refractivity contribution in [2.45, 2.75) is 0 Å². The maximum atomic E-state index is 13.0. The molecule has 2 aromatic rings. The fraction of sp³-hybridized carbons (Fsp3) is 0. The first kappa shape index (κ1) is 13.7. The van der Waals surface area contributed by atoms with Gasteiger partial charge in [-0.2, -0.15) is 0 Å². The van der Waals surface area contributed by atoms with Crippen LogP contribution >= 0.6 is 0 Å². The molecular formula is C15H9FN2O4. The van der Waals surface area contributed by atoms with Gasteiger partial charge in [-0.15, -0.1) is 0 Å². The number of rotatable bonds is 2. The number of barbiturate groups is 1. The molecule has 3 rings (SSSR count). The van der Waals surface area contributed by atoms with E-state index in [1.54, 1.807) is 6.07 Å². The fourth-order valence-corrected chi connectivity index (χ4v) is 2.01. The number of anilines is 1. The Balaban J connectivity index is 2.01. The number of carbonyl (C=O) groups excluding carboxylic acids is 3. The summed E-state index contributed by atoms with van der Waals surface area (Å²) in [7, 11) is 0. The Kier molecular flexibility index (Phi) is 3.30. The molecule has 1 fully saturated rings. The molecule has 110 valence electrons. The summed E-state index contributed by atoms with van der Waals surface area (Å²) in [6, 6.07) is 5.46. The van der Waals surface area contributed by atoms with Crippen molar-refractivity contribution in [3.8, 4) is 0 Å². The van der Waals surface area contributed by atoms with Gasteiger partial charge in [-0.05, 0) is 36.4 Å². The predicted molar refractivity (Wildman–Crippen MR) is 74.1 cm³/mol. The van der Waals surface area contributed by atoms with Crippen LogP contribution in [0.2, 0.25) is 0 Å². The van der Waals surface area contributed by atoms with Crippen LogP contribution in [0, 0.1) is 5.82 Å². The lowest BCUT2D eigenvalue weighted by Gasteiger charge is -2.26. The van der Waals surface area contributed by atoms with Crippen LogP contribution in [0.15, 0.2) is 52.8 Å². The van der Waals surface area contributed by atoms with Crippen molar-refractivity contribution in [2.75, 3.05) is 4.90 Å². The molecule has 0 radical (unpaired) electrons. The van der Waals surface area contributed by atoms with Gasteiger partial charge in [0.2, 0.25) is 0 Å². The van der Waals surface area contributed by atoms with Crippen molar-refractivity contribution >= 4 is 29.6 Å². The van der Waals surface area contributed by atoms with Crippen LogP contribution < -0.4 is 10.2 Å². The average molecular weight is 300 g/mol. The Morgan fingerprint density at radius 1 is 1.09 bits per heavy atom. The Labute approximate surface area is 123 Å². The van der Waals surface area contributed by atoms with E-state index < -0.39 is 23.7 Å². The van der Waals surface area contributed by atoms with Crippen molar-refractivity contribution in [2.24, 2.45) is 0 Å². The summed E-state index contributed by atoms with van der Waals surface area (Å²) in [6.45, 7) is 0. The summed E-state index contributed by atoms with van der Waals surface area (Å²) in [4.78, 5) is 36.9. The van der Waals surface area contributed by atoms with E-state index in [2.05, 4.69) is 5.32 Å². The number of amides is 4. The molecule has 0 aliphatic carbocycles. The Hall–Kier alpha value is -3.22. The maximum absolute atomic E-state index is 13.0. The number of halogens is 1. The second-order valence-corrected chi connectivity index (χ2v) is 4.49. The summed E-state index contributed by atoms with van der Waals surface area (Å²) >= 11 is 0. The van der Waals surface area contributed by atoms with Crippen molar-refractivity contribution in [1.29, 1.82) is 0 Å². The van der Waals surface area contributed by atoms with E-state index in [1.165, 1.54) is 30.7 Å². The van der Waals surface area contributed by atoms with Gasteiger partial charge in [-0.3, -0.25) is 14.9 Å². The van der Waals surface area contributed by atoms with Gasteiger partial charge in [0.1, 0.15) is 11.4 Å². The van der Waals surface area contributed by atoms with Crippen molar-refractivity contribution < 1.29 is 23.2 Å². The normalized spacial score (nSPS) is 17.0. The minimum atomic E-state index is -0.883. The van der Waals surface area contributed by atoms with Gasteiger partial charge in [0.05, 0.1) is 18.2 Å². The maximum Gasteiger partial charge on any atom is 0.335 e. The molecule has 1 aromatic heterocycles. The quantitative estimate of drug-likeness (QED) is 0.680. The van der Waals surface area contributed by atoms with Gasteiger partial charge in [0.25, 0.3) is 11.8 Å². The van der Waals surface area contributed by atoms with Crippen LogP contribution in [0.25, 0.3) is 6.08 Å². The molecule has 0 atom stereocenters. The van der Waals surface area contributed by atoms with Gasteiger partial charge in [-0.1, -0.05) is 0 Å². The minimum Gasteiger partial charge on any atom is -0.472 e. The fourth-order valence-electron chi connectivity index (χ4n) is 2.01. The van der Waals surface area contributed by atoms with Crippen LogP contribution in [-0.2, 0) is 9.59 Å². The van der Waals surface area contributed by atoms with E-state index >= 15 is 0 Å². The number of hydrogen-bond donors (Lipinski definition) is 1. The molecule has 22 heavy (non-hydrogen) atoms. The molecular weight excluding hydrogens is 291 g/mol. The first-order valence-corrected chi connectivity index (χ1v) is 6.25. The zero-order chi connectivity index (χ0) is 15.7. The lowest BCUT2D eigenvalue weighted by molar-refractivity contribution is -0.122. The molecule has 1 aliphatic rings. The smallest absolute Gasteiger partial charge is 0.335 e. The first-order chi connectivity index (χ1) is 10.6. The van der Waals surface area contributed by atoms with E-state index in [9.17, 15) is 18.8 Å². The molecule has 1 N–H and O–H groups in total. The molecule has 2 heterocycles. The number of hydrogen-bond acceptors (Lipinski definition) is 4. The van der Waals surface area contributed by atoms with E-state index in [0.717, 1.165) is 17.0 Å². The zero-order valence-corrected chi connectivity index (χ0v) is 11.1. The molecule has 1 aliphatic heterocycles. The molecule has 0 saturated carbocycles. The second-order valence-electron chi connectivity index (χ2n) is 4.49. The topological polar surface area (TPSA) is 79.6 Å². The number of urea groups is 1. The summed E-state index contributed by atoms with van der Waals surface area (Å²) < 4.78 is 17.8. The highest BCUT2D eigenvalue weighted by atomic mass is 19.1. The SMILES string of the molecule is O=C1NC(=O)N(c2ccc(F)cc2)C(=O)/C1=C/c1ccoc1. The number of imide groups is 2. The number of benzene rings is 1. The third kappa shape index (κ3) is 2.39. The molecule has 0 unspecified atom stereocenters. The predicted octanol–water partition coefficient (Wildman–Crippen LogP) is 2.09. The second kappa shape index (κ2) is 5.28. The number of nitrogens with zero attached hydrogens (tertiary/aromatic N) is 1. The molecule has 7 heteroatoms. The van der Waals surface area contributed by atoms with Crippen molar-refractivity contribution in [3.05, 3.63) is 59.8 Å². The van der Waals surface area contributed by atoms with Gasteiger partial charge >= 0.3 is 6.03 Å². The van der Waals surface area contributed by atoms with E-state index in [0.29, 0.717) is 5.56 Å². The van der Waals surface area contributed by atoms with Crippen molar-refractivity contribution in [3.63, 3.8) is 0 Å². The third-order valence-electron chi connectivity index (χ3n) is 3.04. The third-order valence-corrected chi connectivity index (χ3v) is 3.04. The minimum absolute atomic E-state index is 0.162. The van der Waals surface area contributed by atoms with Gasteiger partial charge < -0.3 is 4.42 Å². The molecule has 0 bridgehead atoms. The Morgan fingerprint density at radius 3 is 2.45 bits per heavy atom. The van der Waals surface area contributed by atoms with Crippen LogP contribution in [0.5, 0.6) is 0 Å². The highest BCUT2D eigenvalue weighted by Crippen LogP contribution is 2.22. The Bertz CT molecular complexity index is 778. The average Bonchev–Trinajstić information content (AvgIpc) is 2.98. The van der Waals surface area contributed by atoms with Crippen LogP contribution in [0.1, 0.15) is 5.56 Å². The lowest BCUT2D eigenvalue weighted by Crippen LogP contribution is -2.54. The van der Waals surface area contributed by atoms with Gasteiger partial charge in [0.15, 0.2) is 0 Å². The number of carbonyl (C=O) groups is 3. The number of nitrogens with one attached hydrogen (secondary N) is 1. The summed E-state index contributed by atoms with van der Waals surface area (Å²) in [5.41, 5.74) is 0.451. The monoisotopic (exact) mass is 300 g/mol. The van der Waals surface area contributed by atoms with Crippen LogP contribution in [0.3, 0.4) is 0 Å². The van der Waals surface area contributed by atoms with Crippen molar-refractivity contribution in [1.82, 2.24) is 5.32 Å². The number of furan rings is 1. The molecule has 1 saturated heterocycles. The first-order valence-electron chi connectivity index (χ1n) is 6.25. The van der Waals surface area contributed by atoms with E-state index in [1.807, 2.05) is 0 Å². The highest BCUT2D eigenvalue weighted by molar-refractivity contribution is 6.39. The van der Waals surface area contributed by atoms with E-state index in [4.69, 9.17) is 4.42 Å². The van der Waals surface area contributed by atoms with Gasteiger partial charge in [-0.25, -0.2) is 14.1 Å². The van der Waals surface area contributed by atoms with E-state index in [-0.39, 0.29) is 11.3 Å². The van der Waals surface area contributed by atoms with Crippen LogP contribution in [0.4, 0.5) is 14.9 Å². The Morgan fingerprint density at radius 2 is 1.82 bits per heavy atom. The standard InChI is InChI=1S/C15H9FN2O4/c16-10-1-3-11(4-2-10)18-14(20)12(13(19)17-15(18)21)7-9-5-6-22-8-9/h1-8H,(H,17,19,21)/b12-7+. The van der Waals surface area contributed by atoms with Gasteiger partial charge in [0, 0.05) is 5.56 Å². The summed E-state index contributed by atoms with van der Waals surface area (Å²) in [5.74, 6) is -2.09. The molecule has 1 aromatic carbocycles. The molecule has 4 amide bonds. The van der Waals surface area contributed by atoms with Crippen LogP contribution in [-0.4, -0.2) is 17.8 Å². The summed E-state index contributed by atoms with van der Waals surface area (Å²) in [6.07, 6.45) is 4.05. The zero-order valence-electron chi connectivity index (χ0n) is 11.1. The largest absolute Gasteiger partial charge is 0.472 e. The highest BCUT2D eigenvalue weighted by Gasteiger charge is 2.36.